The normalized spacial score (nSPS) is 11.9. The van der Waals surface area contributed by atoms with Gasteiger partial charge in [0.25, 0.3) is 11.8 Å². The molecule has 0 radical (unpaired) electrons. The van der Waals surface area contributed by atoms with Gasteiger partial charge in [0.2, 0.25) is 0 Å². The monoisotopic (exact) mass is 722 g/mol. The van der Waals surface area contributed by atoms with E-state index in [2.05, 4.69) is 32.8 Å². The first-order valence-corrected chi connectivity index (χ1v) is 18.1. The molecule has 0 unspecified atom stereocenters. The highest BCUT2D eigenvalue weighted by Crippen LogP contribution is 2.20. The zero-order chi connectivity index (χ0) is 37.4. The van der Waals surface area contributed by atoms with Gasteiger partial charge in [0, 0.05) is 38.3 Å². The third kappa shape index (κ3) is 14.4. The number of nitrogen functional groups attached to an aromatic ring is 2. The number of hydrogen-bond acceptors (Lipinski definition) is 9. The van der Waals surface area contributed by atoms with Crippen molar-refractivity contribution in [2.45, 2.75) is 78.7 Å². The Morgan fingerprint density at radius 2 is 1.63 bits per heavy atom. The van der Waals surface area contributed by atoms with Crippen molar-refractivity contribution in [3.8, 4) is 0 Å². The predicted molar refractivity (Wildman–Crippen MR) is 204 cm³/mol. The predicted octanol–water partition coefficient (Wildman–Crippen LogP) is 5.57. The number of benzene rings is 2. The molecule has 278 valence electrons. The van der Waals surface area contributed by atoms with Crippen molar-refractivity contribution in [3.05, 3.63) is 81.6 Å². The molecule has 13 heteroatoms. The minimum atomic E-state index is -0.709. The molecule has 0 aliphatic carbocycles. The van der Waals surface area contributed by atoms with Crippen LogP contribution in [-0.4, -0.2) is 77.6 Å². The number of unbranched alkanes of at least 4 members (excludes halogenated alkanes) is 3. The molecule has 0 fully saturated rings. The van der Waals surface area contributed by atoms with Gasteiger partial charge < -0.3 is 37.1 Å². The Hall–Kier alpha value is -4.42. The first-order valence-electron chi connectivity index (χ1n) is 17.7. The second kappa shape index (κ2) is 20.4. The molecule has 0 aliphatic heterocycles. The summed E-state index contributed by atoms with van der Waals surface area (Å²) in [7, 11) is 0. The van der Waals surface area contributed by atoms with E-state index in [1.54, 1.807) is 17.0 Å². The zero-order valence-electron chi connectivity index (χ0n) is 30.7. The number of anilines is 2. The van der Waals surface area contributed by atoms with E-state index in [1.165, 1.54) is 19.3 Å². The molecule has 0 bridgehead atoms. The van der Waals surface area contributed by atoms with Crippen molar-refractivity contribution in [2.75, 3.05) is 50.7 Å². The summed E-state index contributed by atoms with van der Waals surface area (Å²) in [5, 5.41) is 9.12. The van der Waals surface area contributed by atoms with Crippen LogP contribution in [0.15, 0.2) is 48.5 Å². The van der Waals surface area contributed by atoms with Gasteiger partial charge in [-0.2, -0.15) is 0 Å². The Kier molecular flexibility index (Phi) is 16.4. The summed E-state index contributed by atoms with van der Waals surface area (Å²) in [5.41, 5.74) is 14.5. The number of nitrogens with two attached hydrogens (primary N) is 2. The van der Waals surface area contributed by atoms with E-state index in [4.69, 9.17) is 27.8 Å². The van der Waals surface area contributed by atoms with Crippen molar-refractivity contribution in [1.82, 2.24) is 30.8 Å². The van der Waals surface area contributed by atoms with Crippen molar-refractivity contribution in [1.29, 1.82) is 0 Å². The van der Waals surface area contributed by atoms with Crippen LogP contribution < -0.4 is 27.4 Å². The molecule has 1 heterocycles. The number of hydrogen-bond donors (Lipinski definition) is 5. The van der Waals surface area contributed by atoms with Gasteiger partial charge >= 0.3 is 6.09 Å². The summed E-state index contributed by atoms with van der Waals surface area (Å²) in [6.45, 7) is 12.8. The number of nitrogens with zero attached hydrogens (tertiary/aromatic N) is 3. The second-order valence-corrected chi connectivity index (χ2v) is 14.1. The average molecular weight is 723 g/mol. The van der Waals surface area contributed by atoms with E-state index in [9.17, 15) is 14.4 Å². The minimum Gasteiger partial charge on any atom is -0.444 e. The molecule has 0 saturated heterocycles. The van der Waals surface area contributed by atoms with Gasteiger partial charge in [0.15, 0.2) is 22.5 Å². The number of ether oxygens (including phenoxy) is 1. The van der Waals surface area contributed by atoms with E-state index in [0.29, 0.717) is 38.0 Å². The van der Waals surface area contributed by atoms with Gasteiger partial charge in [0.05, 0.1) is 0 Å². The number of aromatic nitrogens is 2. The van der Waals surface area contributed by atoms with Gasteiger partial charge in [-0.3, -0.25) is 9.59 Å². The second-order valence-electron chi connectivity index (χ2n) is 13.8. The minimum absolute atomic E-state index is 0.0644. The maximum atomic E-state index is 13.6. The molecule has 51 heavy (non-hydrogen) atoms. The summed E-state index contributed by atoms with van der Waals surface area (Å²) in [6, 6.07) is 15.4. The summed E-state index contributed by atoms with van der Waals surface area (Å²) in [4.78, 5) is 49.0. The molecular weight excluding hydrogens is 668 g/mol. The van der Waals surface area contributed by atoms with Crippen LogP contribution in [0, 0.1) is 12.8 Å². The Balaban J connectivity index is 1.69. The molecule has 0 aliphatic rings. The SMILES string of the molecule is CCCCCCNCCNC(=O)c1ccc(CCN(C[C@H](CNC(=O)c2nc(Cl)c(N)nc2N)Cc2ccccc2C)C(=O)OC(C)(C)C)cc1. The Labute approximate surface area is 307 Å². The molecule has 3 aromatic rings. The number of aryl methyl sites for hydroxylation is 1. The highest BCUT2D eigenvalue weighted by molar-refractivity contribution is 6.31. The van der Waals surface area contributed by atoms with Gasteiger partial charge in [-0.25, -0.2) is 14.8 Å². The number of amides is 3. The average Bonchev–Trinajstić information content (AvgIpc) is 3.08. The van der Waals surface area contributed by atoms with Crippen molar-refractivity contribution in [2.24, 2.45) is 5.92 Å². The van der Waals surface area contributed by atoms with Crippen LogP contribution in [0.2, 0.25) is 5.15 Å². The van der Waals surface area contributed by atoms with Gasteiger partial charge in [-0.05, 0) is 88.2 Å². The van der Waals surface area contributed by atoms with E-state index in [0.717, 1.165) is 36.2 Å². The Morgan fingerprint density at radius 1 is 0.902 bits per heavy atom. The lowest BCUT2D eigenvalue weighted by Crippen LogP contribution is -2.44. The van der Waals surface area contributed by atoms with Crippen molar-refractivity contribution < 1.29 is 19.1 Å². The fourth-order valence-electron chi connectivity index (χ4n) is 5.43. The van der Waals surface area contributed by atoms with Crippen molar-refractivity contribution in [3.63, 3.8) is 0 Å². The molecule has 12 nitrogen and oxygen atoms in total. The smallest absolute Gasteiger partial charge is 0.410 e. The fraction of sp³-hybridized carbons (Fsp3) is 0.500. The zero-order valence-corrected chi connectivity index (χ0v) is 31.4. The fourth-order valence-corrected chi connectivity index (χ4v) is 5.56. The number of halogens is 1. The summed E-state index contributed by atoms with van der Waals surface area (Å²) < 4.78 is 5.81. The molecule has 0 spiro atoms. The quantitative estimate of drug-likeness (QED) is 0.0990. The highest BCUT2D eigenvalue weighted by atomic mass is 35.5. The molecule has 3 rings (SSSR count). The van der Waals surface area contributed by atoms with Crippen LogP contribution >= 0.6 is 11.6 Å². The van der Waals surface area contributed by atoms with Crippen LogP contribution in [0.4, 0.5) is 16.4 Å². The molecule has 1 atom stereocenters. The van der Waals surface area contributed by atoms with Crippen LogP contribution in [-0.2, 0) is 17.6 Å². The maximum absolute atomic E-state index is 13.6. The molecule has 1 aromatic heterocycles. The van der Waals surface area contributed by atoms with Gasteiger partial charge in [0.1, 0.15) is 5.60 Å². The summed E-state index contributed by atoms with van der Waals surface area (Å²) >= 11 is 6.02. The number of carbonyl (C=O) groups excluding carboxylic acids is 3. The molecule has 0 saturated carbocycles. The summed E-state index contributed by atoms with van der Waals surface area (Å²) in [6.07, 6.45) is 5.47. The lowest BCUT2D eigenvalue weighted by atomic mass is 9.95. The largest absolute Gasteiger partial charge is 0.444 e. The topological polar surface area (TPSA) is 178 Å². The number of rotatable bonds is 19. The standard InChI is InChI=1S/C38H55ClN8O4/c1-6-7-8-11-19-42-20-21-43-35(48)29-16-14-27(15-17-29)18-22-47(37(50)51-38(3,4)5)25-28(23-30-13-10-9-12-26(30)2)24-44-36(49)31-33(40)46-34(41)32(39)45-31/h9-10,12-17,28,42H,6-8,11,18-25H2,1-5H3,(H,43,48)(H,44,49)(H4,40,41,46)/t28-/m0/s1. The number of carbonyl (C=O) groups is 3. The molecular formula is C38H55ClN8O4. The first kappa shape index (κ1) is 41.0. The van der Waals surface area contributed by atoms with E-state index < -0.39 is 17.6 Å². The highest BCUT2D eigenvalue weighted by Gasteiger charge is 2.26. The summed E-state index contributed by atoms with van der Waals surface area (Å²) in [5.74, 6) is -1.08. The maximum Gasteiger partial charge on any atom is 0.410 e. The third-order valence-corrected chi connectivity index (χ3v) is 8.53. The molecule has 3 amide bonds. The Morgan fingerprint density at radius 3 is 2.31 bits per heavy atom. The van der Waals surface area contributed by atoms with Gasteiger partial charge in [-0.15, -0.1) is 0 Å². The Bertz CT molecular complexity index is 1580. The molecule has 7 N–H and O–H groups in total. The number of nitrogens with one attached hydrogen (secondary N) is 3. The van der Waals surface area contributed by atoms with Crippen LogP contribution in [0.3, 0.4) is 0 Å². The van der Waals surface area contributed by atoms with Crippen LogP contribution in [0.5, 0.6) is 0 Å². The van der Waals surface area contributed by atoms with E-state index in [1.807, 2.05) is 64.1 Å². The van der Waals surface area contributed by atoms with E-state index >= 15 is 0 Å². The van der Waals surface area contributed by atoms with Crippen LogP contribution in [0.25, 0.3) is 0 Å². The molecule has 2 aromatic carbocycles. The lowest BCUT2D eigenvalue weighted by Gasteiger charge is -2.31. The first-order chi connectivity index (χ1) is 24.3. The van der Waals surface area contributed by atoms with E-state index in [-0.39, 0.29) is 40.9 Å². The lowest BCUT2D eigenvalue weighted by molar-refractivity contribution is 0.0222. The third-order valence-electron chi connectivity index (χ3n) is 8.25. The van der Waals surface area contributed by atoms with Crippen molar-refractivity contribution >= 4 is 41.1 Å². The van der Waals surface area contributed by atoms with Crippen LogP contribution in [0.1, 0.15) is 90.9 Å². The van der Waals surface area contributed by atoms with Gasteiger partial charge in [-0.1, -0.05) is 74.2 Å².